The topological polar surface area (TPSA) is 56.1 Å². The SMILES string of the molecule is Cc1cc(O[C@H](C)C(=O)Nc2ccnn2Cc2cccs2)ccc1Cl. The number of anilines is 1. The molecule has 2 aromatic heterocycles. The Morgan fingerprint density at radius 1 is 1.40 bits per heavy atom. The molecular formula is C18H18ClN3O2S. The highest BCUT2D eigenvalue weighted by atomic mass is 35.5. The molecule has 0 bridgehead atoms. The molecule has 2 heterocycles. The lowest BCUT2D eigenvalue weighted by Crippen LogP contribution is -2.31. The van der Waals surface area contributed by atoms with Crippen LogP contribution in [0.5, 0.6) is 5.75 Å². The van der Waals surface area contributed by atoms with Crippen LogP contribution in [0.4, 0.5) is 5.82 Å². The molecule has 0 spiro atoms. The van der Waals surface area contributed by atoms with Crippen molar-refractivity contribution in [1.82, 2.24) is 9.78 Å². The number of amides is 1. The van der Waals surface area contributed by atoms with Gasteiger partial charge in [0.05, 0.1) is 12.7 Å². The first-order chi connectivity index (χ1) is 12.0. The second-order valence-corrected chi connectivity index (χ2v) is 7.05. The maximum Gasteiger partial charge on any atom is 0.266 e. The highest BCUT2D eigenvalue weighted by Crippen LogP contribution is 2.22. The molecule has 3 rings (SSSR count). The van der Waals surface area contributed by atoms with Gasteiger partial charge in [0, 0.05) is 16.0 Å². The highest BCUT2D eigenvalue weighted by molar-refractivity contribution is 7.09. The number of ether oxygens (including phenoxy) is 1. The van der Waals surface area contributed by atoms with Crippen molar-refractivity contribution in [3.8, 4) is 5.75 Å². The standard InChI is InChI=1S/C18H18ClN3O2S/c1-12-10-14(5-6-16(12)19)24-13(2)18(23)21-17-7-8-20-22(17)11-15-4-3-9-25-15/h3-10,13H,11H2,1-2H3,(H,21,23)/t13-/m1/s1. The van der Waals surface area contributed by atoms with E-state index in [9.17, 15) is 4.79 Å². The number of hydrogen-bond donors (Lipinski definition) is 1. The molecule has 0 unspecified atom stereocenters. The number of halogens is 1. The normalized spacial score (nSPS) is 12.0. The number of aryl methyl sites for hydroxylation is 1. The summed E-state index contributed by atoms with van der Waals surface area (Å²) in [4.78, 5) is 13.6. The largest absolute Gasteiger partial charge is 0.481 e. The first kappa shape index (κ1) is 17.5. The van der Waals surface area contributed by atoms with E-state index in [1.54, 1.807) is 47.3 Å². The molecular weight excluding hydrogens is 358 g/mol. The molecule has 130 valence electrons. The van der Waals surface area contributed by atoms with Gasteiger partial charge < -0.3 is 10.1 Å². The number of carbonyl (C=O) groups is 1. The van der Waals surface area contributed by atoms with Crippen molar-refractivity contribution in [3.05, 3.63) is 63.4 Å². The lowest BCUT2D eigenvalue weighted by atomic mass is 10.2. The minimum absolute atomic E-state index is 0.236. The Bertz CT molecular complexity index is 861. The first-order valence-corrected chi connectivity index (χ1v) is 9.06. The average molecular weight is 376 g/mol. The summed E-state index contributed by atoms with van der Waals surface area (Å²) in [7, 11) is 0. The van der Waals surface area contributed by atoms with Gasteiger partial charge >= 0.3 is 0 Å². The molecule has 1 amide bonds. The Morgan fingerprint density at radius 3 is 2.96 bits per heavy atom. The van der Waals surface area contributed by atoms with Crippen LogP contribution in [0.25, 0.3) is 0 Å². The van der Waals surface area contributed by atoms with Crippen molar-refractivity contribution in [2.24, 2.45) is 0 Å². The Morgan fingerprint density at radius 2 is 2.24 bits per heavy atom. The van der Waals surface area contributed by atoms with Crippen LogP contribution in [-0.2, 0) is 11.3 Å². The van der Waals surface area contributed by atoms with E-state index in [2.05, 4.69) is 10.4 Å². The molecule has 0 saturated heterocycles. The zero-order valence-corrected chi connectivity index (χ0v) is 15.5. The minimum atomic E-state index is -0.648. The van der Waals surface area contributed by atoms with Crippen molar-refractivity contribution >= 4 is 34.7 Å². The minimum Gasteiger partial charge on any atom is -0.481 e. The molecule has 0 saturated carbocycles. The smallest absolute Gasteiger partial charge is 0.266 e. The Balaban J connectivity index is 1.63. The Kier molecular flexibility index (Phi) is 5.40. The summed E-state index contributed by atoms with van der Waals surface area (Å²) in [6.45, 7) is 4.22. The second-order valence-electron chi connectivity index (χ2n) is 5.61. The van der Waals surface area contributed by atoms with Gasteiger partial charge in [-0.3, -0.25) is 4.79 Å². The number of thiophene rings is 1. The van der Waals surface area contributed by atoms with Crippen LogP contribution in [-0.4, -0.2) is 21.8 Å². The van der Waals surface area contributed by atoms with Crippen LogP contribution in [0, 0.1) is 6.92 Å². The van der Waals surface area contributed by atoms with Crippen LogP contribution < -0.4 is 10.1 Å². The van der Waals surface area contributed by atoms with Gasteiger partial charge in [-0.25, -0.2) is 4.68 Å². The molecule has 1 aromatic carbocycles. The molecule has 0 aliphatic carbocycles. The summed E-state index contributed by atoms with van der Waals surface area (Å²) in [6.07, 6.45) is 1.02. The third kappa shape index (κ3) is 4.41. The summed E-state index contributed by atoms with van der Waals surface area (Å²) in [5, 5.41) is 9.81. The van der Waals surface area contributed by atoms with Crippen LogP contribution in [0.15, 0.2) is 48.0 Å². The molecule has 0 aliphatic heterocycles. The molecule has 5 nitrogen and oxygen atoms in total. The summed E-state index contributed by atoms with van der Waals surface area (Å²) < 4.78 is 7.46. The van der Waals surface area contributed by atoms with E-state index in [1.807, 2.05) is 30.5 Å². The van der Waals surface area contributed by atoms with Gasteiger partial charge in [0.15, 0.2) is 6.10 Å². The molecule has 0 radical (unpaired) electrons. The van der Waals surface area contributed by atoms with Crippen LogP contribution in [0.1, 0.15) is 17.4 Å². The molecule has 7 heteroatoms. The summed E-state index contributed by atoms with van der Waals surface area (Å²) in [5.74, 6) is 1.01. The average Bonchev–Trinajstić information content (AvgIpc) is 3.24. The third-order valence-electron chi connectivity index (χ3n) is 3.67. The predicted octanol–water partition coefficient (Wildman–Crippen LogP) is 4.36. The second kappa shape index (κ2) is 7.72. The number of rotatable bonds is 6. The van der Waals surface area contributed by atoms with Gasteiger partial charge in [0.25, 0.3) is 5.91 Å². The fraction of sp³-hybridized carbons (Fsp3) is 0.222. The Labute approximate surface area is 155 Å². The predicted molar refractivity (Wildman–Crippen MR) is 101 cm³/mol. The number of aromatic nitrogens is 2. The zero-order valence-electron chi connectivity index (χ0n) is 13.9. The van der Waals surface area contributed by atoms with E-state index in [4.69, 9.17) is 16.3 Å². The number of benzene rings is 1. The maximum absolute atomic E-state index is 12.4. The first-order valence-electron chi connectivity index (χ1n) is 7.81. The summed E-state index contributed by atoms with van der Waals surface area (Å²) in [5.41, 5.74) is 0.904. The van der Waals surface area contributed by atoms with Crippen LogP contribution >= 0.6 is 22.9 Å². The van der Waals surface area contributed by atoms with Gasteiger partial charge in [0.2, 0.25) is 0 Å². The Hall–Kier alpha value is -2.31. The van der Waals surface area contributed by atoms with E-state index in [1.165, 1.54) is 4.88 Å². The molecule has 0 aliphatic rings. The van der Waals surface area contributed by atoms with Crippen molar-refractivity contribution < 1.29 is 9.53 Å². The molecule has 25 heavy (non-hydrogen) atoms. The van der Waals surface area contributed by atoms with Crippen molar-refractivity contribution in [2.45, 2.75) is 26.5 Å². The molecule has 3 aromatic rings. The van der Waals surface area contributed by atoms with Gasteiger partial charge in [-0.2, -0.15) is 5.10 Å². The van der Waals surface area contributed by atoms with Gasteiger partial charge in [-0.15, -0.1) is 11.3 Å². The van der Waals surface area contributed by atoms with E-state index in [0.29, 0.717) is 23.1 Å². The highest BCUT2D eigenvalue weighted by Gasteiger charge is 2.17. The van der Waals surface area contributed by atoms with E-state index < -0.39 is 6.10 Å². The van der Waals surface area contributed by atoms with Crippen LogP contribution in [0.2, 0.25) is 5.02 Å². The monoisotopic (exact) mass is 375 g/mol. The van der Waals surface area contributed by atoms with Crippen molar-refractivity contribution in [3.63, 3.8) is 0 Å². The van der Waals surface area contributed by atoms with E-state index >= 15 is 0 Å². The quantitative estimate of drug-likeness (QED) is 0.696. The van der Waals surface area contributed by atoms with Crippen molar-refractivity contribution in [1.29, 1.82) is 0 Å². The van der Waals surface area contributed by atoms with Gasteiger partial charge in [-0.05, 0) is 49.1 Å². The number of hydrogen-bond acceptors (Lipinski definition) is 4. The summed E-state index contributed by atoms with van der Waals surface area (Å²) in [6, 6.07) is 11.1. The molecule has 1 N–H and O–H groups in total. The summed E-state index contributed by atoms with van der Waals surface area (Å²) >= 11 is 7.66. The number of nitrogens with zero attached hydrogens (tertiary/aromatic N) is 2. The fourth-order valence-corrected chi connectivity index (χ4v) is 3.09. The van der Waals surface area contributed by atoms with E-state index in [0.717, 1.165) is 5.56 Å². The molecule has 1 atom stereocenters. The number of carbonyl (C=O) groups excluding carboxylic acids is 1. The fourth-order valence-electron chi connectivity index (χ4n) is 2.29. The van der Waals surface area contributed by atoms with Gasteiger partial charge in [0.1, 0.15) is 11.6 Å². The van der Waals surface area contributed by atoms with Crippen molar-refractivity contribution in [2.75, 3.05) is 5.32 Å². The zero-order chi connectivity index (χ0) is 17.8. The van der Waals surface area contributed by atoms with Gasteiger partial charge in [-0.1, -0.05) is 17.7 Å². The lowest BCUT2D eigenvalue weighted by Gasteiger charge is -2.16. The van der Waals surface area contributed by atoms with E-state index in [-0.39, 0.29) is 5.91 Å². The van der Waals surface area contributed by atoms with Crippen LogP contribution in [0.3, 0.4) is 0 Å². The lowest BCUT2D eigenvalue weighted by molar-refractivity contribution is -0.122. The molecule has 0 fully saturated rings. The maximum atomic E-state index is 12.4. The third-order valence-corrected chi connectivity index (χ3v) is 4.95. The number of nitrogens with one attached hydrogen (secondary N) is 1.